The molecule has 0 aliphatic carbocycles. The van der Waals surface area contributed by atoms with Crippen LogP contribution in [-0.4, -0.2) is 28.3 Å². The number of ether oxygens (including phenoxy) is 1. The van der Waals surface area contributed by atoms with Crippen LogP contribution in [0.15, 0.2) is 72.8 Å². The second-order valence-corrected chi connectivity index (χ2v) is 6.19. The second kappa shape index (κ2) is 10.1. The number of carboxylic acids is 2. The molecule has 0 aliphatic heterocycles. The van der Waals surface area contributed by atoms with E-state index in [1.165, 1.54) is 0 Å². The van der Waals surface area contributed by atoms with Crippen LogP contribution in [0.5, 0.6) is 5.75 Å². The van der Waals surface area contributed by atoms with Crippen LogP contribution in [0.4, 0.5) is 18.9 Å². The standard InChI is InChI=1S/C20H17NO3.C2HF3O2/c21-18-11-5-10-17(15-8-4-9-16(12-15)20(22)23)19(18)24-13-14-6-2-1-3-7-14;3-2(4,5)1(6)7/h1-12H,13,21H2,(H,22,23);(H,6,7). The highest BCUT2D eigenvalue weighted by atomic mass is 19.4. The molecule has 0 unspecified atom stereocenters. The number of nitrogen functional groups attached to an aromatic ring is 1. The van der Waals surface area contributed by atoms with Crippen LogP contribution in [0.1, 0.15) is 15.9 Å². The zero-order valence-corrected chi connectivity index (χ0v) is 16.0. The van der Waals surface area contributed by atoms with Crippen molar-refractivity contribution in [2.75, 3.05) is 5.73 Å². The molecule has 9 heteroatoms. The maximum Gasteiger partial charge on any atom is 0.490 e. The minimum atomic E-state index is -5.08. The first-order valence-electron chi connectivity index (χ1n) is 8.78. The molecule has 0 bridgehead atoms. The molecular formula is C22H18F3NO5. The average molecular weight is 433 g/mol. The van der Waals surface area contributed by atoms with Crippen LogP contribution in [-0.2, 0) is 11.4 Å². The highest BCUT2D eigenvalue weighted by molar-refractivity contribution is 5.90. The molecular weight excluding hydrogens is 415 g/mol. The Morgan fingerprint density at radius 3 is 2.10 bits per heavy atom. The molecule has 6 nitrogen and oxygen atoms in total. The van der Waals surface area contributed by atoms with E-state index in [1.54, 1.807) is 24.3 Å². The summed E-state index contributed by atoms with van der Waals surface area (Å²) in [6.07, 6.45) is -5.08. The third kappa shape index (κ3) is 6.77. The predicted molar refractivity (Wildman–Crippen MR) is 108 cm³/mol. The van der Waals surface area contributed by atoms with Gasteiger partial charge in [-0.15, -0.1) is 0 Å². The predicted octanol–water partition coefficient (Wildman–Crippen LogP) is 4.85. The lowest BCUT2D eigenvalue weighted by Crippen LogP contribution is -2.21. The summed E-state index contributed by atoms with van der Waals surface area (Å²) in [7, 11) is 0. The van der Waals surface area contributed by atoms with E-state index in [1.807, 2.05) is 48.5 Å². The van der Waals surface area contributed by atoms with Crippen molar-refractivity contribution in [3.05, 3.63) is 83.9 Å². The van der Waals surface area contributed by atoms with Crippen LogP contribution < -0.4 is 10.5 Å². The number of benzene rings is 3. The van der Waals surface area contributed by atoms with Crippen LogP contribution in [0, 0.1) is 0 Å². The van der Waals surface area contributed by atoms with E-state index in [9.17, 15) is 23.1 Å². The second-order valence-electron chi connectivity index (χ2n) is 6.19. The molecule has 0 saturated heterocycles. The summed E-state index contributed by atoms with van der Waals surface area (Å²) in [5.74, 6) is -3.16. The lowest BCUT2D eigenvalue weighted by molar-refractivity contribution is -0.192. The highest BCUT2D eigenvalue weighted by Gasteiger charge is 2.38. The Hall–Kier alpha value is -4.01. The number of carboxylic acid groups (broad SMARTS) is 2. The van der Waals surface area contributed by atoms with Gasteiger partial charge >= 0.3 is 18.1 Å². The van der Waals surface area contributed by atoms with Crippen LogP contribution in [0.25, 0.3) is 11.1 Å². The van der Waals surface area contributed by atoms with Gasteiger partial charge in [-0.2, -0.15) is 13.2 Å². The average Bonchev–Trinajstić information content (AvgIpc) is 2.73. The third-order valence-electron chi connectivity index (χ3n) is 3.93. The van der Waals surface area contributed by atoms with Gasteiger partial charge < -0.3 is 20.7 Å². The normalized spacial score (nSPS) is 10.5. The maximum atomic E-state index is 11.2. The van der Waals surface area contributed by atoms with Crippen molar-refractivity contribution >= 4 is 17.6 Å². The van der Waals surface area contributed by atoms with Gasteiger partial charge in [0.25, 0.3) is 0 Å². The van der Waals surface area contributed by atoms with Crippen molar-refractivity contribution in [3.63, 3.8) is 0 Å². The molecule has 0 atom stereocenters. The largest absolute Gasteiger partial charge is 0.490 e. The third-order valence-corrected chi connectivity index (χ3v) is 3.93. The number of carbonyl (C=O) groups is 2. The van der Waals surface area contributed by atoms with Gasteiger partial charge in [0.05, 0.1) is 11.3 Å². The number of para-hydroxylation sites is 1. The van der Waals surface area contributed by atoms with Gasteiger partial charge in [-0.1, -0.05) is 54.6 Å². The molecule has 0 fully saturated rings. The van der Waals surface area contributed by atoms with E-state index >= 15 is 0 Å². The lowest BCUT2D eigenvalue weighted by Gasteiger charge is -2.14. The monoisotopic (exact) mass is 433 g/mol. The van der Waals surface area contributed by atoms with Gasteiger partial charge in [-0.3, -0.25) is 0 Å². The fraction of sp³-hybridized carbons (Fsp3) is 0.0909. The lowest BCUT2D eigenvalue weighted by atomic mass is 10.0. The number of nitrogens with two attached hydrogens (primary N) is 1. The molecule has 162 valence electrons. The topological polar surface area (TPSA) is 110 Å². The summed E-state index contributed by atoms with van der Waals surface area (Å²) in [6.45, 7) is 0.390. The molecule has 0 aromatic heterocycles. The number of alkyl halides is 3. The van der Waals surface area contributed by atoms with Crippen molar-refractivity contribution in [1.29, 1.82) is 0 Å². The van der Waals surface area contributed by atoms with Crippen molar-refractivity contribution in [3.8, 4) is 16.9 Å². The van der Waals surface area contributed by atoms with Gasteiger partial charge in [-0.05, 0) is 29.3 Å². The first kappa shape index (κ1) is 23.3. The fourth-order valence-electron chi connectivity index (χ4n) is 2.49. The fourth-order valence-corrected chi connectivity index (χ4v) is 2.49. The number of hydrogen-bond acceptors (Lipinski definition) is 4. The van der Waals surface area contributed by atoms with Crippen LogP contribution in [0.2, 0.25) is 0 Å². The first-order chi connectivity index (χ1) is 14.6. The zero-order chi connectivity index (χ0) is 23.0. The minimum Gasteiger partial charge on any atom is -0.486 e. The summed E-state index contributed by atoms with van der Waals surface area (Å²) in [5.41, 5.74) is 9.38. The highest BCUT2D eigenvalue weighted by Crippen LogP contribution is 2.35. The molecule has 4 N–H and O–H groups in total. The quantitative estimate of drug-likeness (QED) is 0.497. The number of aromatic carboxylic acids is 1. The minimum absolute atomic E-state index is 0.226. The molecule has 3 rings (SSSR count). The van der Waals surface area contributed by atoms with Gasteiger partial charge in [0, 0.05) is 5.56 Å². The van der Waals surface area contributed by atoms with E-state index < -0.39 is 18.1 Å². The number of halogens is 3. The van der Waals surface area contributed by atoms with E-state index in [0.29, 0.717) is 18.0 Å². The van der Waals surface area contributed by atoms with Crippen molar-refractivity contribution in [1.82, 2.24) is 0 Å². The van der Waals surface area contributed by atoms with Crippen LogP contribution in [0.3, 0.4) is 0 Å². The number of rotatable bonds is 5. The van der Waals surface area contributed by atoms with E-state index in [0.717, 1.165) is 16.7 Å². The van der Waals surface area contributed by atoms with E-state index in [-0.39, 0.29) is 5.56 Å². The van der Waals surface area contributed by atoms with Crippen molar-refractivity contribution in [2.45, 2.75) is 12.8 Å². The van der Waals surface area contributed by atoms with Crippen molar-refractivity contribution < 1.29 is 37.7 Å². The van der Waals surface area contributed by atoms with Crippen molar-refractivity contribution in [2.24, 2.45) is 0 Å². The van der Waals surface area contributed by atoms with E-state index in [2.05, 4.69) is 0 Å². The van der Waals surface area contributed by atoms with Crippen LogP contribution >= 0.6 is 0 Å². The van der Waals surface area contributed by atoms with Gasteiger partial charge in [0.2, 0.25) is 0 Å². The summed E-state index contributed by atoms with van der Waals surface area (Å²) in [4.78, 5) is 20.1. The molecule has 3 aromatic rings. The number of anilines is 1. The van der Waals surface area contributed by atoms with Gasteiger partial charge in [0.1, 0.15) is 6.61 Å². The smallest absolute Gasteiger partial charge is 0.486 e. The Morgan fingerprint density at radius 2 is 1.52 bits per heavy atom. The summed E-state index contributed by atoms with van der Waals surface area (Å²) in [5, 5.41) is 16.3. The molecule has 0 spiro atoms. The van der Waals surface area contributed by atoms with Gasteiger partial charge in [0.15, 0.2) is 5.75 Å². The molecule has 0 amide bonds. The van der Waals surface area contributed by atoms with E-state index in [4.69, 9.17) is 20.4 Å². The molecule has 0 saturated carbocycles. The molecule has 0 aliphatic rings. The Bertz CT molecular complexity index is 1050. The molecule has 0 radical (unpaired) electrons. The SMILES string of the molecule is Nc1cccc(-c2cccc(C(=O)O)c2)c1OCc1ccccc1.O=C(O)C(F)(F)F. The Labute approximate surface area is 175 Å². The summed E-state index contributed by atoms with van der Waals surface area (Å²) < 4.78 is 37.7. The maximum absolute atomic E-state index is 11.2. The van der Waals surface area contributed by atoms with Gasteiger partial charge in [-0.25, -0.2) is 9.59 Å². The Balaban J connectivity index is 0.000000423. The Kier molecular flexibility index (Phi) is 7.62. The summed E-state index contributed by atoms with van der Waals surface area (Å²) >= 11 is 0. The molecule has 31 heavy (non-hydrogen) atoms. The number of hydrogen-bond donors (Lipinski definition) is 3. The number of aliphatic carboxylic acids is 1. The first-order valence-corrected chi connectivity index (χ1v) is 8.78. The molecule has 3 aromatic carbocycles. The summed E-state index contributed by atoms with van der Waals surface area (Å²) in [6, 6.07) is 22.0. The molecule has 0 heterocycles. The Morgan fingerprint density at radius 1 is 0.903 bits per heavy atom. The zero-order valence-electron chi connectivity index (χ0n) is 16.0.